The second-order valence-electron chi connectivity index (χ2n) is 6.18. The van der Waals surface area contributed by atoms with Gasteiger partial charge in [0.05, 0.1) is 12.6 Å². The average Bonchev–Trinajstić information content (AvgIpc) is 2.66. The van der Waals surface area contributed by atoms with E-state index in [-0.39, 0.29) is 24.0 Å². The SMILES string of the molecule is CN=C(NCCOc1cccc(Br)c1)N1CCC(OCCCOC)CC1.I. The fraction of sp³-hybridized carbons (Fsp3) is 0.632. The molecule has 1 aromatic carbocycles. The highest BCUT2D eigenvalue weighted by Gasteiger charge is 2.21. The van der Waals surface area contributed by atoms with Gasteiger partial charge >= 0.3 is 0 Å². The number of hydrogen-bond acceptors (Lipinski definition) is 4. The lowest BCUT2D eigenvalue weighted by Crippen LogP contribution is -2.47. The molecule has 8 heteroatoms. The highest BCUT2D eigenvalue weighted by Crippen LogP contribution is 2.17. The van der Waals surface area contributed by atoms with E-state index in [1.165, 1.54) is 0 Å². The van der Waals surface area contributed by atoms with E-state index in [2.05, 4.69) is 31.1 Å². The van der Waals surface area contributed by atoms with Crippen LogP contribution in [0.15, 0.2) is 33.7 Å². The van der Waals surface area contributed by atoms with Crippen LogP contribution in [0.5, 0.6) is 5.75 Å². The molecule has 0 atom stereocenters. The first-order valence-electron chi connectivity index (χ1n) is 9.17. The van der Waals surface area contributed by atoms with Crippen LogP contribution in [0.3, 0.4) is 0 Å². The van der Waals surface area contributed by atoms with Gasteiger partial charge in [-0.05, 0) is 37.5 Å². The number of guanidine groups is 1. The molecule has 1 fully saturated rings. The monoisotopic (exact) mass is 555 g/mol. The van der Waals surface area contributed by atoms with Gasteiger partial charge in [0, 0.05) is 44.9 Å². The Morgan fingerprint density at radius 1 is 1.26 bits per heavy atom. The minimum atomic E-state index is 0. The van der Waals surface area contributed by atoms with Crippen LogP contribution in [-0.2, 0) is 9.47 Å². The maximum atomic E-state index is 5.91. The van der Waals surface area contributed by atoms with Crippen LogP contribution in [0.4, 0.5) is 0 Å². The maximum Gasteiger partial charge on any atom is 0.193 e. The van der Waals surface area contributed by atoms with Gasteiger partial charge in [-0.1, -0.05) is 22.0 Å². The molecule has 154 valence electrons. The van der Waals surface area contributed by atoms with Gasteiger partial charge in [-0.15, -0.1) is 24.0 Å². The van der Waals surface area contributed by atoms with Gasteiger partial charge in [0.25, 0.3) is 0 Å². The van der Waals surface area contributed by atoms with Crippen LogP contribution in [0, 0.1) is 0 Å². The molecule has 0 bridgehead atoms. The summed E-state index contributed by atoms with van der Waals surface area (Å²) in [7, 11) is 3.55. The van der Waals surface area contributed by atoms with Crippen molar-refractivity contribution in [1.29, 1.82) is 0 Å². The minimum Gasteiger partial charge on any atom is -0.492 e. The summed E-state index contributed by atoms with van der Waals surface area (Å²) >= 11 is 3.45. The van der Waals surface area contributed by atoms with Crippen molar-refractivity contribution in [2.24, 2.45) is 4.99 Å². The second kappa shape index (κ2) is 14.4. The van der Waals surface area contributed by atoms with E-state index < -0.39 is 0 Å². The van der Waals surface area contributed by atoms with E-state index in [1.807, 2.05) is 31.3 Å². The van der Waals surface area contributed by atoms with Crippen LogP contribution in [0.2, 0.25) is 0 Å². The van der Waals surface area contributed by atoms with Crippen LogP contribution in [-0.4, -0.2) is 70.6 Å². The Kier molecular flexibility index (Phi) is 13.1. The molecule has 0 aromatic heterocycles. The van der Waals surface area contributed by atoms with Crippen LogP contribution < -0.4 is 10.1 Å². The number of benzene rings is 1. The molecule has 1 aromatic rings. The first-order chi connectivity index (χ1) is 12.7. The number of nitrogens with one attached hydrogen (secondary N) is 1. The molecule has 0 spiro atoms. The zero-order chi connectivity index (χ0) is 18.6. The van der Waals surface area contributed by atoms with Crippen LogP contribution in [0.1, 0.15) is 19.3 Å². The highest BCUT2D eigenvalue weighted by atomic mass is 127. The second-order valence-corrected chi connectivity index (χ2v) is 7.10. The van der Waals surface area contributed by atoms with Crippen molar-refractivity contribution in [1.82, 2.24) is 10.2 Å². The molecule has 0 aliphatic carbocycles. The van der Waals surface area contributed by atoms with Gasteiger partial charge in [0.2, 0.25) is 0 Å². The molecule has 0 amide bonds. The molecular weight excluding hydrogens is 525 g/mol. The van der Waals surface area contributed by atoms with Gasteiger partial charge in [-0.3, -0.25) is 4.99 Å². The smallest absolute Gasteiger partial charge is 0.193 e. The molecule has 1 aliphatic rings. The predicted octanol–water partition coefficient (Wildman–Crippen LogP) is 3.54. The number of rotatable bonds is 9. The quantitative estimate of drug-likeness (QED) is 0.219. The average molecular weight is 556 g/mol. The van der Waals surface area contributed by atoms with Gasteiger partial charge < -0.3 is 24.4 Å². The topological polar surface area (TPSA) is 55.3 Å². The summed E-state index contributed by atoms with van der Waals surface area (Å²) in [4.78, 5) is 6.68. The van der Waals surface area contributed by atoms with Gasteiger partial charge in [0.15, 0.2) is 5.96 Å². The Balaban J connectivity index is 0.00000364. The van der Waals surface area contributed by atoms with Crippen molar-refractivity contribution in [2.45, 2.75) is 25.4 Å². The Labute approximate surface area is 188 Å². The Bertz CT molecular complexity index is 555. The summed E-state index contributed by atoms with van der Waals surface area (Å²) in [5, 5.41) is 3.38. The third-order valence-electron chi connectivity index (χ3n) is 4.25. The first-order valence-corrected chi connectivity index (χ1v) is 9.96. The van der Waals surface area contributed by atoms with Crippen molar-refractivity contribution >= 4 is 45.9 Å². The fourth-order valence-corrected chi connectivity index (χ4v) is 3.29. The number of halogens is 2. The molecule has 27 heavy (non-hydrogen) atoms. The third kappa shape index (κ3) is 9.45. The molecular formula is C19H31BrIN3O3. The van der Waals surface area contributed by atoms with E-state index in [0.29, 0.717) is 19.3 Å². The van der Waals surface area contributed by atoms with E-state index in [1.54, 1.807) is 7.11 Å². The largest absolute Gasteiger partial charge is 0.492 e. The van der Waals surface area contributed by atoms with Crippen molar-refractivity contribution in [3.05, 3.63) is 28.7 Å². The summed E-state index contributed by atoms with van der Waals surface area (Å²) < 4.78 is 17.7. The number of likely N-dealkylation sites (tertiary alicyclic amines) is 1. The normalized spacial score (nSPS) is 15.4. The van der Waals surface area contributed by atoms with E-state index in [4.69, 9.17) is 14.2 Å². The van der Waals surface area contributed by atoms with Crippen molar-refractivity contribution in [2.75, 3.05) is 53.6 Å². The van der Waals surface area contributed by atoms with Crippen molar-refractivity contribution in [3.8, 4) is 5.75 Å². The standard InChI is InChI=1S/C19H30BrN3O3.HI/c1-21-19(22-9-14-26-18-6-3-5-16(20)15-18)23-10-7-17(8-11-23)25-13-4-12-24-2;/h3,5-6,15,17H,4,7-14H2,1-2H3,(H,21,22);1H. The molecule has 1 saturated heterocycles. The predicted molar refractivity (Wildman–Crippen MR) is 123 cm³/mol. The summed E-state index contributed by atoms with van der Waals surface area (Å²) in [6.45, 7) is 4.76. The lowest BCUT2D eigenvalue weighted by Gasteiger charge is -2.34. The molecule has 0 saturated carbocycles. The Morgan fingerprint density at radius 3 is 2.70 bits per heavy atom. The van der Waals surface area contributed by atoms with E-state index >= 15 is 0 Å². The number of piperidine rings is 1. The van der Waals surface area contributed by atoms with Gasteiger partial charge in [-0.25, -0.2) is 0 Å². The van der Waals surface area contributed by atoms with Crippen LogP contribution >= 0.6 is 39.9 Å². The zero-order valence-electron chi connectivity index (χ0n) is 16.2. The van der Waals surface area contributed by atoms with Crippen molar-refractivity contribution < 1.29 is 14.2 Å². The number of nitrogens with zero attached hydrogens (tertiary/aromatic N) is 2. The lowest BCUT2D eigenvalue weighted by molar-refractivity contribution is 0.00989. The number of ether oxygens (including phenoxy) is 3. The Hall–Kier alpha value is -0.580. The summed E-state index contributed by atoms with van der Waals surface area (Å²) in [6, 6.07) is 7.87. The first kappa shape index (κ1) is 24.5. The summed E-state index contributed by atoms with van der Waals surface area (Å²) in [5.41, 5.74) is 0. The van der Waals surface area contributed by atoms with E-state index in [9.17, 15) is 0 Å². The number of hydrogen-bond donors (Lipinski definition) is 1. The molecule has 1 aliphatic heterocycles. The third-order valence-corrected chi connectivity index (χ3v) is 4.74. The summed E-state index contributed by atoms with van der Waals surface area (Å²) in [5.74, 6) is 1.79. The lowest BCUT2D eigenvalue weighted by atomic mass is 10.1. The molecule has 0 radical (unpaired) electrons. The molecule has 1 heterocycles. The Morgan fingerprint density at radius 2 is 2.04 bits per heavy atom. The molecule has 1 N–H and O–H groups in total. The molecule has 6 nitrogen and oxygen atoms in total. The number of methoxy groups -OCH3 is 1. The maximum absolute atomic E-state index is 5.91. The summed E-state index contributed by atoms with van der Waals surface area (Å²) in [6.07, 6.45) is 3.36. The van der Waals surface area contributed by atoms with Gasteiger partial charge in [-0.2, -0.15) is 0 Å². The highest BCUT2D eigenvalue weighted by molar-refractivity contribution is 14.0. The van der Waals surface area contributed by atoms with Gasteiger partial charge in [0.1, 0.15) is 12.4 Å². The van der Waals surface area contributed by atoms with Crippen molar-refractivity contribution in [3.63, 3.8) is 0 Å². The number of aliphatic imine (C=N–C) groups is 1. The molecule has 0 unspecified atom stereocenters. The minimum absolute atomic E-state index is 0. The van der Waals surface area contributed by atoms with E-state index in [0.717, 1.165) is 61.7 Å². The zero-order valence-corrected chi connectivity index (χ0v) is 20.1. The van der Waals surface area contributed by atoms with Crippen LogP contribution in [0.25, 0.3) is 0 Å². The molecule has 2 rings (SSSR count). The fourth-order valence-electron chi connectivity index (χ4n) is 2.91.